The number of hydrogen-bond acceptors (Lipinski definition) is 4. The number of halogens is 5. The lowest BCUT2D eigenvalue weighted by atomic mass is 10.0. The van der Waals surface area contributed by atoms with Crippen molar-refractivity contribution in [3.63, 3.8) is 0 Å². The number of nitrogens with one attached hydrogen (secondary N) is 1. The molecule has 1 aliphatic rings. The van der Waals surface area contributed by atoms with Crippen molar-refractivity contribution in [2.24, 2.45) is 0 Å². The molecule has 0 aliphatic carbocycles. The number of alkyl halides is 3. The van der Waals surface area contributed by atoms with Crippen LogP contribution in [-0.2, 0) is 0 Å². The summed E-state index contributed by atoms with van der Waals surface area (Å²) in [5, 5.41) is 21.7. The van der Waals surface area contributed by atoms with Crippen LogP contribution in [0.15, 0.2) is 18.2 Å². The van der Waals surface area contributed by atoms with Gasteiger partial charge >= 0.3 is 6.18 Å². The SMILES string of the molecule is Cl.Cl.Oc1cc(O)cc([C@@H](N2CCNCC2)C(F)(F)F)c1. The Balaban J connectivity index is 0.00000200. The lowest BCUT2D eigenvalue weighted by molar-refractivity contribution is -0.187. The van der Waals surface area contributed by atoms with Crippen molar-refractivity contribution in [3.8, 4) is 11.5 Å². The Kier molecular flexibility index (Phi) is 7.60. The standard InChI is InChI=1S/C12H15F3N2O2.2ClH/c13-12(14,15)11(17-3-1-16-2-4-17)8-5-9(18)7-10(19)6-8;;/h5-7,11,16,18-19H,1-4H2;2*1H/t11-;;/m1../s1. The maximum Gasteiger partial charge on any atom is 0.408 e. The molecule has 122 valence electrons. The minimum atomic E-state index is -4.46. The Morgan fingerprint density at radius 1 is 1.00 bits per heavy atom. The highest BCUT2D eigenvalue weighted by Gasteiger charge is 2.45. The summed E-state index contributed by atoms with van der Waals surface area (Å²) in [5.74, 6) is -0.751. The van der Waals surface area contributed by atoms with Crippen LogP contribution in [0.5, 0.6) is 11.5 Å². The van der Waals surface area contributed by atoms with Crippen LogP contribution in [0, 0.1) is 0 Å². The molecule has 1 heterocycles. The molecular weight excluding hydrogens is 332 g/mol. The van der Waals surface area contributed by atoms with Crippen LogP contribution in [0.3, 0.4) is 0 Å². The number of hydrogen-bond donors (Lipinski definition) is 3. The van der Waals surface area contributed by atoms with E-state index in [0.717, 1.165) is 18.2 Å². The summed E-state index contributed by atoms with van der Waals surface area (Å²) in [5.41, 5.74) is -0.146. The second kappa shape index (κ2) is 7.93. The van der Waals surface area contributed by atoms with Crippen molar-refractivity contribution in [1.29, 1.82) is 0 Å². The normalized spacial score (nSPS) is 17.5. The summed E-state index contributed by atoms with van der Waals surface area (Å²) in [6, 6.07) is 1.28. The van der Waals surface area contributed by atoms with E-state index in [9.17, 15) is 23.4 Å². The van der Waals surface area contributed by atoms with Gasteiger partial charge in [0.05, 0.1) is 0 Å². The van der Waals surface area contributed by atoms with Crippen LogP contribution in [-0.4, -0.2) is 47.5 Å². The van der Waals surface area contributed by atoms with Gasteiger partial charge in [-0.1, -0.05) is 0 Å². The molecule has 1 aromatic rings. The summed E-state index contributed by atoms with van der Waals surface area (Å²) >= 11 is 0. The Morgan fingerprint density at radius 3 is 1.90 bits per heavy atom. The van der Waals surface area contributed by atoms with E-state index in [4.69, 9.17) is 0 Å². The van der Waals surface area contributed by atoms with Crippen molar-refractivity contribution in [2.45, 2.75) is 12.2 Å². The molecule has 1 aromatic carbocycles. The van der Waals surface area contributed by atoms with E-state index in [-0.39, 0.29) is 55.0 Å². The van der Waals surface area contributed by atoms with Gasteiger partial charge in [0, 0.05) is 32.2 Å². The predicted molar refractivity (Wildman–Crippen MR) is 77.5 cm³/mol. The van der Waals surface area contributed by atoms with Gasteiger partial charge in [0.25, 0.3) is 0 Å². The summed E-state index contributed by atoms with van der Waals surface area (Å²) in [6.07, 6.45) is -4.46. The monoisotopic (exact) mass is 348 g/mol. The maximum absolute atomic E-state index is 13.2. The average Bonchev–Trinajstić information content (AvgIpc) is 2.27. The van der Waals surface area contributed by atoms with Gasteiger partial charge in [0.15, 0.2) is 0 Å². The molecule has 3 N–H and O–H groups in total. The fourth-order valence-corrected chi connectivity index (χ4v) is 2.32. The molecule has 2 rings (SSSR count). The van der Waals surface area contributed by atoms with Gasteiger partial charge in [-0.25, -0.2) is 0 Å². The molecule has 1 saturated heterocycles. The third kappa shape index (κ3) is 5.10. The number of rotatable bonds is 2. The highest BCUT2D eigenvalue weighted by molar-refractivity contribution is 5.85. The molecule has 0 spiro atoms. The Hall–Kier alpha value is -0.890. The smallest absolute Gasteiger partial charge is 0.408 e. The van der Waals surface area contributed by atoms with E-state index in [1.807, 2.05) is 0 Å². The molecule has 0 amide bonds. The molecule has 0 radical (unpaired) electrons. The summed E-state index contributed by atoms with van der Waals surface area (Å²) in [7, 11) is 0. The van der Waals surface area contributed by atoms with Crippen LogP contribution < -0.4 is 5.32 Å². The molecule has 9 heteroatoms. The molecule has 4 nitrogen and oxygen atoms in total. The number of phenols is 2. The highest BCUT2D eigenvalue weighted by Crippen LogP contribution is 2.40. The first-order chi connectivity index (χ1) is 8.88. The zero-order valence-corrected chi connectivity index (χ0v) is 12.6. The molecule has 0 aromatic heterocycles. The summed E-state index contributed by atoms with van der Waals surface area (Å²) in [4.78, 5) is 1.30. The molecule has 1 aliphatic heterocycles. The summed E-state index contributed by atoms with van der Waals surface area (Å²) < 4.78 is 39.7. The fraction of sp³-hybridized carbons (Fsp3) is 0.500. The highest BCUT2D eigenvalue weighted by atomic mass is 35.5. The minimum Gasteiger partial charge on any atom is -0.508 e. The zero-order chi connectivity index (χ0) is 14.0. The largest absolute Gasteiger partial charge is 0.508 e. The van der Waals surface area contributed by atoms with Gasteiger partial charge in [0.1, 0.15) is 17.5 Å². The van der Waals surface area contributed by atoms with Gasteiger partial charge in [-0.2, -0.15) is 13.2 Å². The lowest BCUT2D eigenvalue weighted by Gasteiger charge is -2.36. The average molecular weight is 349 g/mol. The fourth-order valence-electron chi connectivity index (χ4n) is 2.32. The van der Waals surface area contributed by atoms with E-state index < -0.39 is 12.2 Å². The van der Waals surface area contributed by atoms with Crippen LogP contribution >= 0.6 is 24.8 Å². The Labute approximate surface area is 132 Å². The van der Waals surface area contributed by atoms with Crippen molar-refractivity contribution < 1.29 is 23.4 Å². The lowest BCUT2D eigenvalue weighted by Crippen LogP contribution is -2.49. The molecular formula is C12H17Cl2F3N2O2. The number of aromatic hydroxyl groups is 2. The van der Waals surface area contributed by atoms with Crippen molar-refractivity contribution in [2.75, 3.05) is 26.2 Å². The first-order valence-electron chi connectivity index (χ1n) is 5.92. The first kappa shape index (κ1) is 20.1. The topological polar surface area (TPSA) is 55.7 Å². The molecule has 21 heavy (non-hydrogen) atoms. The number of nitrogens with zero attached hydrogens (tertiary/aromatic N) is 1. The van der Waals surface area contributed by atoms with E-state index in [2.05, 4.69) is 5.32 Å². The van der Waals surface area contributed by atoms with E-state index >= 15 is 0 Å². The van der Waals surface area contributed by atoms with E-state index in [1.165, 1.54) is 4.90 Å². The second-order valence-corrected chi connectivity index (χ2v) is 4.51. The second-order valence-electron chi connectivity index (χ2n) is 4.51. The number of piperazine rings is 1. The van der Waals surface area contributed by atoms with E-state index in [1.54, 1.807) is 0 Å². The van der Waals surface area contributed by atoms with Crippen LogP contribution in [0.2, 0.25) is 0 Å². The van der Waals surface area contributed by atoms with Gasteiger partial charge in [-0.3, -0.25) is 4.90 Å². The third-order valence-corrected chi connectivity index (χ3v) is 3.07. The molecule has 0 bridgehead atoms. The van der Waals surface area contributed by atoms with Crippen molar-refractivity contribution in [1.82, 2.24) is 10.2 Å². The molecule has 0 unspecified atom stereocenters. The zero-order valence-electron chi connectivity index (χ0n) is 10.9. The van der Waals surface area contributed by atoms with Crippen molar-refractivity contribution >= 4 is 24.8 Å². The quantitative estimate of drug-likeness (QED) is 0.768. The Morgan fingerprint density at radius 2 is 1.48 bits per heavy atom. The van der Waals surface area contributed by atoms with Crippen LogP contribution in [0.4, 0.5) is 13.2 Å². The van der Waals surface area contributed by atoms with Crippen molar-refractivity contribution in [3.05, 3.63) is 23.8 Å². The Bertz CT molecular complexity index is 434. The van der Waals surface area contributed by atoms with Crippen LogP contribution in [0.1, 0.15) is 11.6 Å². The maximum atomic E-state index is 13.2. The molecule has 0 saturated carbocycles. The number of benzene rings is 1. The molecule has 1 atom stereocenters. The number of phenolic OH excluding ortho intramolecular Hbond substituents is 2. The first-order valence-corrected chi connectivity index (χ1v) is 5.92. The van der Waals surface area contributed by atoms with Crippen LogP contribution in [0.25, 0.3) is 0 Å². The minimum absolute atomic E-state index is 0. The van der Waals surface area contributed by atoms with Gasteiger partial charge in [0.2, 0.25) is 0 Å². The molecule has 1 fully saturated rings. The summed E-state index contributed by atoms with van der Waals surface area (Å²) in [6.45, 7) is 1.50. The third-order valence-electron chi connectivity index (χ3n) is 3.07. The van der Waals surface area contributed by atoms with Gasteiger partial charge < -0.3 is 15.5 Å². The predicted octanol–water partition coefficient (Wildman–Crippen LogP) is 2.45. The van der Waals surface area contributed by atoms with Gasteiger partial charge in [-0.05, 0) is 17.7 Å². The van der Waals surface area contributed by atoms with Gasteiger partial charge in [-0.15, -0.1) is 24.8 Å². The van der Waals surface area contributed by atoms with E-state index in [0.29, 0.717) is 13.1 Å².